The molecule has 3 N–H and O–H groups in total. The third-order valence-corrected chi connectivity index (χ3v) is 3.14. The van der Waals surface area contributed by atoms with Crippen LogP contribution in [-0.2, 0) is 25.5 Å². The van der Waals surface area contributed by atoms with Gasteiger partial charge in [-0.2, -0.15) is 5.10 Å². The molecular weight excluding hydrogens is 324 g/mol. The number of carbonyl (C=O) groups is 3. The van der Waals surface area contributed by atoms with Crippen molar-refractivity contribution in [2.24, 2.45) is 5.10 Å². The molecule has 0 aliphatic rings. The van der Waals surface area contributed by atoms with Gasteiger partial charge in [0.15, 0.2) is 0 Å². The second kappa shape index (κ2) is 11.7. The average molecular weight is 348 g/mol. The fourth-order valence-corrected chi connectivity index (χ4v) is 1.87. The second-order valence-corrected chi connectivity index (χ2v) is 5.30. The van der Waals surface area contributed by atoms with E-state index in [1.54, 1.807) is 6.92 Å². The van der Waals surface area contributed by atoms with Gasteiger partial charge in [-0.1, -0.05) is 30.3 Å². The average Bonchev–Trinajstić information content (AvgIpc) is 2.60. The van der Waals surface area contributed by atoms with Crippen LogP contribution in [0.5, 0.6) is 0 Å². The zero-order chi connectivity index (χ0) is 18.5. The van der Waals surface area contributed by atoms with Gasteiger partial charge in [-0.05, 0) is 18.9 Å². The van der Waals surface area contributed by atoms with Gasteiger partial charge in [-0.25, -0.2) is 5.43 Å². The number of hydrazone groups is 1. The first kappa shape index (κ1) is 20.3. The Morgan fingerprint density at radius 2 is 1.76 bits per heavy atom. The molecule has 0 saturated carbocycles. The molecule has 3 amide bonds. The SMILES string of the molecule is COCCNC(=O)C(=O)N/N=C(\C)CC(=O)NCCc1ccccc1. The van der Waals surface area contributed by atoms with Crippen molar-refractivity contribution >= 4 is 23.4 Å². The maximum atomic E-state index is 11.8. The smallest absolute Gasteiger partial charge is 0.329 e. The number of carbonyl (C=O) groups excluding carboxylic acids is 3. The van der Waals surface area contributed by atoms with E-state index in [-0.39, 0.29) is 18.9 Å². The number of nitrogens with one attached hydrogen (secondary N) is 3. The van der Waals surface area contributed by atoms with Gasteiger partial charge < -0.3 is 15.4 Å². The third-order valence-electron chi connectivity index (χ3n) is 3.14. The Hall–Kier alpha value is -2.74. The van der Waals surface area contributed by atoms with Crippen LogP contribution >= 0.6 is 0 Å². The molecule has 0 aromatic heterocycles. The van der Waals surface area contributed by atoms with E-state index < -0.39 is 11.8 Å². The van der Waals surface area contributed by atoms with Gasteiger partial charge in [0.1, 0.15) is 0 Å². The molecule has 136 valence electrons. The predicted molar refractivity (Wildman–Crippen MR) is 93.9 cm³/mol. The summed E-state index contributed by atoms with van der Waals surface area (Å²) in [5.74, 6) is -1.89. The highest BCUT2D eigenvalue weighted by molar-refractivity contribution is 6.35. The number of methoxy groups -OCH3 is 1. The zero-order valence-corrected chi connectivity index (χ0v) is 14.5. The van der Waals surface area contributed by atoms with E-state index in [0.29, 0.717) is 18.9 Å². The molecule has 25 heavy (non-hydrogen) atoms. The van der Waals surface area contributed by atoms with Gasteiger partial charge in [0.2, 0.25) is 5.91 Å². The number of rotatable bonds is 9. The van der Waals surface area contributed by atoms with Crippen molar-refractivity contribution in [1.82, 2.24) is 16.1 Å². The first-order valence-electron chi connectivity index (χ1n) is 7.93. The van der Waals surface area contributed by atoms with Gasteiger partial charge in [-0.3, -0.25) is 14.4 Å². The van der Waals surface area contributed by atoms with Crippen LogP contribution < -0.4 is 16.1 Å². The molecule has 1 aromatic rings. The molecule has 0 atom stereocenters. The van der Waals surface area contributed by atoms with Crippen LogP contribution in [0.3, 0.4) is 0 Å². The maximum Gasteiger partial charge on any atom is 0.329 e. The minimum atomic E-state index is -0.889. The van der Waals surface area contributed by atoms with E-state index in [2.05, 4.69) is 21.2 Å². The van der Waals surface area contributed by atoms with E-state index in [9.17, 15) is 14.4 Å². The lowest BCUT2D eigenvalue weighted by atomic mass is 10.1. The van der Waals surface area contributed by atoms with Gasteiger partial charge in [0.25, 0.3) is 0 Å². The van der Waals surface area contributed by atoms with Crippen molar-refractivity contribution < 1.29 is 19.1 Å². The highest BCUT2D eigenvalue weighted by Crippen LogP contribution is 1.98. The van der Waals surface area contributed by atoms with E-state index >= 15 is 0 Å². The molecule has 1 aromatic carbocycles. The van der Waals surface area contributed by atoms with Crippen LogP contribution in [0, 0.1) is 0 Å². The van der Waals surface area contributed by atoms with Crippen LogP contribution in [-0.4, -0.2) is 50.2 Å². The molecule has 0 unspecified atom stereocenters. The summed E-state index contributed by atoms with van der Waals surface area (Å²) in [4.78, 5) is 34.7. The van der Waals surface area contributed by atoms with E-state index in [1.807, 2.05) is 30.3 Å². The largest absolute Gasteiger partial charge is 0.383 e. The molecular formula is C17H24N4O4. The Kier molecular flexibility index (Phi) is 9.54. The summed E-state index contributed by atoms with van der Waals surface area (Å²) in [5, 5.41) is 8.89. The maximum absolute atomic E-state index is 11.8. The number of amides is 3. The minimum absolute atomic E-state index is 0.0420. The molecule has 8 heteroatoms. The summed E-state index contributed by atoms with van der Waals surface area (Å²) >= 11 is 0. The van der Waals surface area contributed by atoms with E-state index in [0.717, 1.165) is 12.0 Å². The predicted octanol–water partition coefficient (Wildman–Crippen LogP) is -0.00990. The van der Waals surface area contributed by atoms with Crippen LogP contribution in [0.4, 0.5) is 0 Å². The summed E-state index contributed by atoms with van der Waals surface area (Å²) in [7, 11) is 1.49. The summed E-state index contributed by atoms with van der Waals surface area (Å²) in [6, 6.07) is 9.82. The van der Waals surface area contributed by atoms with Gasteiger partial charge in [0.05, 0.1) is 13.0 Å². The molecule has 1 rings (SSSR count). The number of hydrogen-bond acceptors (Lipinski definition) is 5. The molecule has 0 saturated heterocycles. The third kappa shape index (κ3) is 9.21. The summed E-state index contributed by atoms with van der Waals surface area (Å²) < 4.78 is 4.76. The fourth-order valence-electron chi connectivity index (χ4n) is 1.87. The van der Waals surface area contributed by atoms with Gasteiger partial charge in [-0.15, -0.1) is 0 Å². The normalized spacial score (nSPS) is 10.9. The lowest BCUT2D eigenvalue weighted by molar-refractivity contribution is -0.139. The van der Waals surface area contributed by atoms with Crippen LogP contribution in [0.2, 0.25) is 0 Å². The Bertz CT molecular complexity index is 602. The Balaban J connectivity index is 2.25. The number of hydrogen-bond donors (Lipinski definition) is 3. The molecule has 0 fully saturated rings. The fraction of sp³-hybridized carbons (Fsp3) is 0.412. The van der Waals surface area contributed by atoms with E-state index in [1.165, 1.54) is 7.11 Å². The van der Waals surface area contributed by atoms with Crippen LogP contribution in [0.1, 0.15) is 18.9 Å². The minimum Gasteiger partial charge on any atom is -0.383 e. The number of ether oxygens (including phenoxy) is 1. The standard InChI is InChI=1S/C17H24N4O4/c1-13(20-21-17(24)16(23)19-10-11-25-2)12-15(22)18-9-8-14-6-4-3-5-7-14/h3-7H,8-12H2,1-2H3,(H,18,22)(H,19,23)(H,21,24)/b20-13+. The molecule has 0 heterocycles. The Morgan fingerprint density at radius 3 is 2.44 bits per heavy atom. The Morgan fingerprint density at radius 1 is 1.04 bits per heavy atom. The van der Waals surface area contributed by atoms with E-state index in [4.69, 9.17) is 4.74 Å². The zero-order valence-electron chi connectivity index (χ0n) is 14.5. The number of nitrogens with zero attached hydrogens (tertiary/aromatic N) is 1. The van der Waals surface area contributed by atoms with Crippen molar-refractivity contribution in [3.8, 4) is 0 Å². The second-order valence-electron chi connectivity index (χ2n) is 5.30. The first-order chi connectivity index (χ1) is 12.0. The van der Waals surface area contributed by atoms with Gasteiger partial charge in [0, 0.05) is 25.9 Å². The van der Waals surface area contributed by atoms with Crippen LogP contribution in [0.15, 0.2) is 35.4 Å². The quantitative estimate of drug-likeness (QED) is 0.252. The lowest BCUT2D eigenvalue weighted by Crippen LogP contribution is -2.39. The molecule has 8 nitrogen and oxygen atoms in total. The highest BCUT2D eigenvalue weighted by Gasteiger charge is 2.12. The summed E-state index contributed by atoms with van der Waals surface area (Å²) in [6.45, 7) is 2.66. The van der Waals surface area contributed by atoms with Crippen molar-refractivity contribution in [2.75, 3.05) is 26.8 Å². The lowest BCUT2D eigenvalue weighted by Gasteiger charge is -2.06. The van der Waals surface area contributed by atoms with Crippen molar-refractivity contribution in [3.05, 3.63) is 35.9 Å². The molecule has 0 bridgehead atoms. The molecule has 0 aliphatic heterocycles. The highest BCUT2D eigenvalue weighted by atomic mass is 16.5. The van der Waals surface area contributed by atoms with Crippen molar-refractivity contribution in [2.45, 2.75) is 19.8 Å². The van der Waals surface area contributed by atoms with Gasteiger partial charge >= 0.3 is 11.8 Å². The topological polar surface area (TPSA) is 109 Å². The monoisotopic (exact) mass is 348 g/mol. The summed E-state index contributed by atoms with van der Waals surface area (Å²) in [5.41, 5.74) is 3.65. The van der Waals surface area contributed by atoms with Crippen molar-refractivity contribution in [3.63, 3.8) is 0 Å². The Labute approximate surface area is 147 Å². The number of benzene rings is 1. The molecule has 0 spiro atoms. The van der Waals surface area contributed by atoms with Crippen LogP contribution in [0.25, 0.3) is 0 Å². The molecule has 0 aliphatic carbocycles. The first-order valence-corrected chi connectivity index (χ1v) is 7.93. The molecule has 0 radical (unpaired) electrons. The van der Waals surface area contributed by atoms with Crippen molar-refractivity contribution in [1.29, 1.82) is 0 Å². The summed E-state index contributed by atoms with van der Waals surface area (Å²) in [6.07, 6.45) is 0.779.